The van der Waals surface area contributed by atoms with Crippen LogP contribution in [-0.4, -0.2) is 74.9 Å². The van der Waals surface area contributed by atoms with E-state index in [0.717, 1.165) is 57.8 Å². The number of nitrogens with zero attached hydrogens (tertiary/aromatic N) is 1. The number of carbonyl (C=O) groups is 2. The normalized spacial score (nSPS) is 14.4. The zero-order chi connectivity index (χ0) is 42.8. The predicted molar refractivity (Wildman–Crippen MR) is 242 cm³/mol. The molecule has 332 valence electrons. The Bertz CT molecular complexity index is 1260. The number of ether oxygens (including phenoxy) is 2. The Hall–Kier alpha value is -2.81. The van der Waals surface area contributed by atoms with E-state index in [0.29, 0.717) is 23.9 Å². The second-order valence-electron chi connectivity index (χ2n) is 15.7. The second kappa shape index (κ2) is 39.6. The molecule has 0 fully saturated rings. The van der Waals surface area contributed by atoms with Crippen molar-refractivity contribution in [2.24, 2.45) is 0 Å². The Kier molecular flexibility index (Phi) is 37.7. The van der Waals surface area contributed by atoms with Gasteiger partial charge < -0.3 is 18.9 Å². The van der Waals surface area contributed by atoms with Crippen molar-refractivity contribution in [2.45, 2.75) is 161 Å². The van der Waals surface area contributed by atoms with E-state index in [-0.39, 0.29) is 26.1 Å². The molecular formula is C48H83NO8P+. The molecule has 0 saturated carbocycles. The molecule has 2 atom stereocenters. The van der Waals surface area contributed by atoms with Crippen molar-refractivity contribution >= 4 is 19.8 Å². The lowest BCUT2D eigenvalue weighted by Crippen LogP contribution is -2.37. The van der Waals surface area contributed by atoms with Gasteiger partial charge in [-0.3, -0.25) is 18.6 Å². The minimum Gasteiger partial charge on any atom is -0.462 e. The van der Waals surface area contributed by atoms with Crippen LogP contribution < -0.4 is 0 Å². The van der Waals surface area contributed by atoms with Gasteiger partial charge in [-0.1, -0.05) is 157 Å². The molecule has 0 saturated heterocycles. The summed E-state index contributed by atoms with van der Waals surface area (Å²) in [5.74, 6) is -0.906. The Balaban J connectivity index is 4.48. The highest BCUT2D eigenvalue weighted by atomic mass is 31.2. The first-order valence-corrected chi connectivity index (χ1v) is 23.8. The third-order valence-electron chi connectivity index (χ3n) is 8.92. The van der Waals surface area contributed by atoms with Gasteiger partial charge in [-0.05, 0) is 70.6 Å². The molecule has 0 rings (SSSR count). The van der Waals surface area contributed by atoms with Crippen LogP contribution in [0.2, 0.25) is 0 Å². The number of hydrogen-bond acceptors (Lipinski definition) is 7. The maximum atomic E-state index is 12.7. The van der Waals surface area contributed by atoms with Gasteiger partial charge in [-0.15, -0.1) is 0 Å². The molecule has 0 aliphatic heterocycles. The number of phosphoric acid groups is 1. The van der Waals surface area contributed by atoms with Crippen molar-refractivity contribution in [2.75, 3.05) is 47.5 Å². The van der Waals surface area contributed by atoms with E-state index in [9.17, 15) is 19.0 Å². The first kappa shape index (κ1) is 55.2. The first-order chi connectivity index (χ1) is 28.0. The van der Waals surface area contributed by atoms with Gasteiger partial charge in [0.1, 0.15) is 19.8 Å². The van der Waals surface area contributed by atoms with Crippen molar-refractivity contribution < 1.29 is 42.1 Å². The molecule has 0 amide bonds. The summed E-state index contributed by atoms with van der Waals surface area (Å²) in [4.78, 5) is 35.3. The summed E-state index contributed by atoms with van der Waals surface area (Å²) < 4.78 is 34.2. The number of hydrogen-bond donors (Lipinski definition) is 1. The first-order valence-electron chi connectivity index (χ1n) is 22.3. The second-order valence-corrected chi connectivity index (χ2v) is 17.1. The van der Waals surface area contributed by atoms with Crippen LogP contribution in [0.3, 0.4) is 0 Å². The minimum absolute atomic E-state index is 0.0160. The van der Waals surface area contributed by atoms with Crippen LogP contribution in [0.1, 0.15) is 155 Å². The van der Waals surface area contributed by atoms with Crippen LogP contribution in [0.4, 0.5) is 0 Å². The fraction of sp³-hybridized carbons (Fsp3) is 0.667. The Labute approximate surface area is 354 Å². The maximum absolute atomic E-state index is 12.7. The lowest BCUT2D eigenvalue weighted by Gasteiger charge is -2.24. The summed E-state index contributed by atoms with van der Waals surface area (Å²) in [6.07, 6.45) is 50.7. The molecule has 0 aliphatic rings. The lowest BCUT2D eigenvalue weighted by molar-refractivity contribution is -0.870. The number of allylic oxidation sites excluding steroid dienone is 14. The van der Waals surface area contributed by atoms with Gasteiger partial charge >= 0.3 is 19.8 Å². The molecule has 9 nitrogen and oxygen atoms in total. The molecule has 0 aliphatic carbocycles. The number of unbranched alkanes of at least 4 members (excludes halogenated alkanes) is 11. The molecule has 0 aromatic heterocycles. The van der Waals surface area contributed by atoms with Crippen molar-refractivity contribution in [1.82, 2.24) is 0 Å². The van der Waals surface area contributed by atoms with E-state index < -0.39 is 32.5 Å². The average molecular weight is 833 g/mol. The fourth-order valence-corrected chi connectivity index (χ4v) is 6.17. The van der Waals surface area contributed by atoms with Gasteiger partial charge in [0.25, 0.3) is 0 Å². The molecular weight excluding hydrogens is 750 g/mol. The van der Waals surface area contributed by atoms with Crippen molar-refractivity contribution in [1.29, 1.82) is 0 Å². The van der Waals surface area contributed by atoms with Crippen LogP contribution in [0.25, 0.3) is 0 Å². The molecule has 0 bridgehead atoms. The van der Waals surface area contributed by atoms with E-state index in [1.165, 1.54) is 57.8 Å². The van der Waals surface area contributed by atoms with Crippen molar-refractivity contribution in [3.05, 3.63) is 85.1 Å². The summed E-state index contributed by atoms with van der Waals surface area (Å²) >= 11 is 0. The zero-order valence-electron chi connectivity index (χ0n) is 37.2. The predicted octanol–water partition coefficient (Wildman–Crippen LogP) is 12.8. The molecule has 58 heavy (non-hydrogen) atoms. The van der Waals surface area contributed by atoms with Crippen molar-refractivity contribution in [3.63, 3.8) is 0 Å². The van der Waals surface area contributed by atoms with Crippen LogP contribution in [0.15, 0.2) is 85.1 Å². The van der Waals surface area contributed by atoms with Gasteiger partial charge in [0.2, 0.25) is 0 Å². The highest BCUT2D eigenvalue weighted by molar-refractivity contribution is 7.47. The lowest BCUT2D eigenvalue weighted by atomic mass is 10.1. The third kappa shape index (κ3) is 42.8. The van der Waals surface area contributed by atoms with Crippen LogP contribution in [-0.2, 0) is 32.7 Å². The number of carbonyl (C=O) groups excluding carboxylic acids is 2. The van der Waals surface area contributed by atoms with Crippen LogP contribution in [0.5, 0.6) is 0 Å². The van der Waals surface area contributed by atoms with Gasteiger partial charge in [0, 0.05) is 12.8 Å². The number of quaternary nitrogens is 1. The molecule has 0 heterocycles. The van der Waals surface area contributed by atoms with Gasteiger partial charge in [0.05, 0.1) is 27.7 Å². The van der Waals surface area contributed by atoms with Crippen LogP contribution in [0, 0.1) is 0 Å². The molecule has 0 spiro atoms. The molecule has 0 aromatic rings. The van der Waals surface area contributed by atoms with E-state index in [1.54, 1.807) is 0 Å². The third-order valence-corrected chi connectivity index (χ3v) is 9.91. The topological polar surface area (TPSA) is 108 Å². The Morgan fingerprint density at radius 3 is 1.53 bits per heavy atom. The minimum atomic E-state index is -4.40. The Morgan fingerprint density at radius 2 is 1.02 bits per heavy atom. The van der Waals surface area contributed by atoms with E-state index in [1.807, 2.05) is 33.3 Å². The Morgan fingerprint density at radius 1 is 0.552 bits per heavy atom. The monoisotopic (exact) mass is 833 g/mol. The van der Waals surface area contributed by atoms with E-state index >= 15 is 0 Å². The zero-order valence-corrected chi connectivity index (χ0v) is 38.1. The highest BCUT2D eigenvalue weighted by Gasteiger charge is 2.27. The molecule has 10 heteroatoms. The smallest absolute Gasteiger partial charge is 0.462 e. The fourth-order valence-electron chi connectivity index (χ4n) is 5.43. The number of phosphoric ester groups is 1. The van der Waals surface area contributed by atoms with E-state index in [2.05, 4.69) is 86.8 Å². The summed E-state index contributed by atoms with van der Waals surface area (Å²) in [5.41, 5.74) is 0. The number of esters is 2. The van der Waals surface area contributed by atoms with Gasteiger partial charge in [-0.25, -0.2) is 4.57 Å². The van der Waals surface area contributed by atoms with Gasteiger partial charge in [-0.2, -0.15) is 0 Å². The summed E-state index contributed by atoms with van der Waals surface area (Å²) in [7, 11) is 1.42. The van der Waals surface area contributed by atoms with Crippen molar-refractivity contribution in [3.8, 4) is 0 Å². The average Bonchev–Trinajstić information content (AvgIpc) is 3.17. The van der Waals surface area contributed by atoms with Gasteiger partial charge in [0.15, 0.2) is 6.10 Å². The SMILES string of the molecule is CC/C=C/C/C=C/C/C=C/C/C=C/C/C=C/C/C=C/CCC(=O)OC[C@H](COP(=O)(O)OCC[N+](C)(C)C)OC(=O)CCCCCCCCCCC/C=C/CCCC. The summed E-state index contributed by atoms with van der Waals surface area (Å²) in [6, 6.07) is 0. The molecule has 0 aromatic carbocycles. The number of likely N-dealkylation sites (N-methyl/N-ethyl adjacent to an activating group) is 1. The standard InChI is InChI=1S/C48H82NO8P/c1-6-8-10-12-14-16-18-20-22-23-24-25-27-28-30-32-34-36-38-40-47(50)54-44-46(45-56-58(52,53)55-43-42-49(3,4)5)57-48(51)41-39-37-35-33-31-29-26-21-19-17-15-13-11-9-7-2/h8,10,13-16,20,22,24-25,28,30,34,36,46H,6-7,9,11-12,17-19,21,23,26-27,29,31-33,35,37-45H2,1-5H3/p+1/b10-8+,15-13+,16-14+,22-20+,25-24+,30-28+,36-34+/t46-/m1/s1. The maximum Gasteiger partial charge on any atom is 0.472 e. The largest absolute Gasteiger partial charge is 0.472 e. The molecule has 1 unspecified atom stereocenters. The molecule has 1 N–H and O–H groups in total. The summed E-state index contributed by atoms with van der Waals surface area (Å²) in [5, 5.41) is 0. The van der Waals surface area contributed by atoms with E-state index in [4.69, 9.17) is 18.5 Å². The number of rotatable bonds is 39. The highest BCUT2D eigenvalue weighted by Crippen LogP contribution is 2.43. The summed E-state index contributed by atoms with van der Waals surface area (Å²) in [6.45, 7) is 4.17. The quantitative estimate of drug-likeness (QED) is 0.0214. The van der Waals surface area contributed by atoms with Crippen LogP contribution >= 0.6 is 7.82 Å². The molecule has 0 radical (unpaired) electrons.